The Kier molecular flexibility index (Phi) is 3.51. The number of benzene rings is 1. The van der Waals surface area contributed by atoms with Crippen LogP contribution >= 0.6 is 11.3 Å². The molecular weight excluding hydrogens is 320 g/mol. The van der Waals surface area contributed by atoms with E-state index in [0.717, 1.165) is 27.0 Å². The van der Waals surface area contributed by atoms with Crippen LogP contribution in [0, 0.1) is 18.3 Å². The van der Waals surface area contributed by atoms with Crippen molar-refractivity contribution in [1.29, 1.82) is 5.26 Å². The fourth-order valence-electron chi connectivity index (χ4n) is 3.20. The highest BCUT2D eigenvalue weighted by Gasteiger charge is 2.26. The molecule has 2 aromatic heterocycles. The summed E-state index contributed by atoms with van der Waals surface area (Å²) in [5, 5.41) is 9.35. The van der Waals surface area contributed by atoms with E-state index < -0.39 is 0 Å². The SMILES string of the molecule is Cc1ncc2c(c1C#N)CCN(C(=O)c1cccc3ncsc13)C2. The van der Waals surface area contributed by atoms with E-state index in [4.69, 9.17) is 0 Å². The molecule has 6 heteroatoms. The number of amides is 1. The molecule has 24 heavy (non-hydrogen) atoms. The van der Waals surface area contributed by atoms with Crippen LogP contribution in [0.3, 0.4) is 0 Å². The Morgan fingerprint density at radius 1 is 1.38 bits per heavy atom. The third-order valence-electron chi connectivity index (χ3n) is 4.44. The summed E-state index contributed by atoms with van der Waals surface area (Å²) in [6, 6.07) is 7.88. The first kappa shape index (κ1) is 14.8. The zero-order chi connectivity index (χ0) is 16.7. The van der Waals surface area contributed by atoms with Crippen LogP contribution in [0.4, 0.5) is 0 Å². The molecule has 1 aliphatic rings. The van der Waals surface area contributed by atoms with Crippen molar-refractivity contribution in [1.82, 2.24) is 14.9 Å². The molecular formula is C18H14N4OS. The van der Waals surface area contributed by atoms with Gasteiger partial charge in [-0.2, -0.15) is 5.26 Å². The summed E-state index contributed by atoms with van der Waals surface area (Å²) in [6.07, 6.45) is 2.48. The highest BCUT2D eigenvalue weighted by molar-refractivity contribution is 7.17. The van der Waals surface area contributed by atoms with Gasteiger partial charge in [-0.25, -0.2) is 4.98 Å². The average Bonchev–Trinajstić information content (AvgIpc) is 3.09. The second kappa shape index (κ2) is 5.69. The Balaban J connectivity index is 1.69. The van der Waals surface area contributed by atoms with E-state index in [0.29, 0.717) is 30.6 Å². The monoisotopic (exact) mass is 334 g/mol. The molecule has 0 bridgehead atoms. The Hall–Kier alpha value is -2.78. The van der Waals surface area contributed by atoms with Gasteiger partial charge in [0.1, 0.15) is 6.07 Å². The number of fused-ring (bicyclic) bond motifs is 2. The van der Waals surface area contributed by atoms with Crippen LogP contribution in [0.2, 0.25) is 0 Å². The van der Waals surface area contributed by atoms with Crippen LogP contribution in [-0.2, 0) is 13.0 Å². The van der Waals surface area contributed by atoms with Gasteiger partial charge in [0.05, 0.1) is 32.5 Å². The molecule has 0 fully saturated rings. The van der Waals surface area contributed by atoms with Crippen molar-refractivity contribution in [3.63, 3.8) is 0 Å². The Labute approximate surface area is 143 Å². The summed E-state index contributed by atoms with van der Waals surface area (Å²) in [5.74, 6) is 0.00887. The molecule has 0 unspecified atom stereocenters. The second-order valence-corrected chi connectivity index (χ2v) is 6.67. The molecule has 0 atom stereocenters. The third kappa shape index (κ3) is 2.25. The lowest BCUT2D eigenvalue weighted by molar-refractivity contribution is 0.0736. The van der Waals surface area contributed by atoms with Gasteiger partial charge in [-0.15, -0.1) is 11.3 Å². The number of thiazole rings is 1. The maximum atomic E-state index is 13.0. The lowest BCUT2D eigenvalue weighted by Crippen LogP contribution is -2.36. The van der Waals surface area contributed by atoms with Gasteiger partial charge in [-0.05, 0) is 36.6 Å². The summed E-state index contributed by atoms with van der Waals surface area (Å²) < 4.78 is 0.924. The van der Waals surface area contributed by atoms with E-state index in [9.17, 15) is 10.1 Å². The van der Waals surface area contributed by atoms with Crippen LogP contribution in [0.15, 0.2) is 29.9 Å². The molecule has 118 valence electrons. The molecule has 1 amide bonds. The number of aryl methyl sites for hydroxylation is 1. The van der Waals surface area contributed by atoms with E-state index in [2.05, 4.69) is 16.0 Å². The topological polar surface area (TPSA) is 69.9 Å². The minimum atomic E-state index is 0.00887. The van der Waals surface area contributed by atoms with Gasteiger partial charge in [0.25, 0.3) is 5.91 Å². The number of carbonyl (C=O) groups excluding carboxylic acids is 1. The lowest BCUT2D eigenvalue weighted by atomic mass is 9.95. The highest BCUT2D eigenvalue weighted by atomic mass is 32.1. The quantitative estimate of drug-likeness (QED) is 0.686. The number of nitriles is 1. The Morgan fingerprint density at radius 2 is 2.25 bits per heavy atom. The van der Waals surface area contributed by atoms with Crippen molar-refractivity contribution in [2.75, 3.05) is 6.54 Å². The van der Waals surface area contributed by atoms with E-state index in [1.54, 1.807) is 11.7 Å². The molecule has 5 nitrogen and oxygen atoms in total. The summed E-state index contributed by atoms with van der Waals surface area (Å²) in [5.41, 5.74) is 6.72. The molecule has 0 radical (unpaired) electrons. The molecule has 1 aromatic carbocycles. The predicted octanol–water partition coefficient (Wildman–Crippen LogP) is 3.07. The highest BCUT2D eigenvalue weighted by Crippen LogP contribution is 2.27. The first-order valence-electron chi connectivity index (χ1n) is 7.68. The van der Waals surface area contributed by atoms with Crippen molar-refractivity contribution in [3.8, 4) is 6.07 Å². The van der Waals surface area contributed by atoms with Gasteiger partial charge >= 0.3 is 0 Å². The third-order valence-corrected chi connectivity index (χ3v) is 5.32. The second-order valence-electron chi connectivity index (χ2n) is 5.82. The van der Waals surface area contributed by atoms with Crippen LogP contribution in [0.5, 0.6) is 0 Å². The molecule has 0 N–H and O–H groups in total. The molecule has 0 saturated carbocycles. The smallest absolute Gasteiger partial charge is 0.255 e. The summed E-state index contributed by atoms with van der Waals surface area (Å²) >= 11 is 1.49. The molecule has 3 heterocycles. The van der Waals surface area contributed by atoms with Crippen LogP contribution in [0.25, 0.3) is 10.2 Å². The minimum Gasteiger partial charge on any atom is -0.334 e. The van der Waals surface area contributed by atoms with Crippen molar-refractivity contribution in [3.05, 3.63) is 57.9 Å². The number of carbonyl (C=O) groups is 1. The van der Waals surface area contributed by atoms with Crippen LogP contribution in [0.1, 0.15) is 32.7 Å². The molecule has 0 saturated heterocycles. The van der Waals surface area contributed by atoms with E-state index in [1.165, 1.54) is 11.3 Å². The number of pyridine rings is 1. The normalized spacial score (nSPS) is 13.6. The van der Waals surface area contributed by atoms with Crippen molar-refractivity contribution >= 4 is 27.5 Å². The van der Waals surface area contributed by atoms with Gasteiger partial charge in [0.2, 0.25) is 0 Å². The summed E-state index contributed by atoms with van der Waals surface area (Å²) in [7, 11) is 0. The standard InChI is InChI=1S/C18H14N4OS/c1-11-15(7-19)13-5-6-22(9-12(13)8-20-11)18(23)14-3-2-4-16-17(14)24-10-21-16/h2-4,8,10H,5-6,9H2,1H3. The Morgan fingerprint density at radius 3 is 3.08 bits per heavy atom. The zero-order valence-electron chi connectivity index (χ0n) is 13.1. The summed E-state index contributed by atoms with van der Waals surface area (Å²) in [4.78, 5) is 23.4. The van der Waals surface area contributed by atoms with Gasteiger partial charge in [0, 0.05) is 19.3 Å². The number of hydrogen-bond donors (Lipinski definition) is 0. The Bertz CT molecular complexity index is 1000. The predicted molar refractivity (Wildman–Crippen MR) is 91.8 cm³/mol. The average molecular weight is 334 g/mol. The summed E-state index contributed by atoms with van der Waals surface area (Å²) in [6.45, 7) is 2.95. The van der Waals surface area contributed by atoms with Crippen molar-refractivity contribution in [2.45, 2.75) is 19.9 Å². The zero-order valence-corrected chi connectivity index (χ0v) is 13.9. The van der Waals surface area contributed by atoms with Crippen molar-refractivity contribution in [2.24, 2.45) is 0 Å². The molecule has 4 rings (SSSR count). The van der Waals surface area contributed by atoms with E-state index >= 15 is 0 Å². The first-order chi connectivity index (χ1) is 11.7. The number of aromatic nitrogens is 2. The lowest BCUT2D eigenvalue weighted by Gasteiger charge is -2.29. The van der Waals surface area contributed by atoms with Gasteiger partial charge in [-0.3, -0.25) is 9.78 Å². The van der Waals surface area contributed by atoms with E-state index in [1.807, 2.05) is 30.0 Å². The maximum Gasteiger partial charge on any atom is 0.255 e. The molecule has 0 spiro atoms. The molecule has 0 aliphatic carbocycles. The number of rotatable bonds is 1. The minimum absolute atomic E-state index is 0.00887. The number of nitrogens with zero attached hydrogens (tertiary/aromatic N) is 4. The molecule has 1 aliphatic heterocycles. The largest absolute Gasteiger partial charge is 0.334 e. The van der Waals surface area contributed by atoms with Crippen molar-refractivity contribution < 1.29 is 4.79 Å². The fourth-order valence-corrected chi connectivity index (χ4v) is 3.99. The van der Waals surface area contributed by atoms with Gasteiger partial charge in [-0.1, -0.05) is 6.07 Å². The van der Waals surface area contributed by atoms with Crippen LogP contribution in [-0.4, -0.2) is 27.3 Å². The van der Waals surface area contributed by atoms with Gasteiger partial charge in [0.15, 0.2) is 0 Å². The maximum absolute atomic E-state index is 13.0. The van der Waals surface area contributed by atoms with Crippen LogP contribution < -0.4 is 0 Å². The van der Waals surface area contributed by atoms with Gasteiger partial charge < -0.3 is 4.90 Å². The number of hydrogen-bond acceptors (Lipinski definition) is 5. The molecule has 3 aromatic rings. The van der Waals surface area contributed by atoms with E-state index in [-0.39, 0.29) is 5.91 Å². The fraction of sp³-hybridized carbons (Fsp3) is 0.222. The first-order valence-corrected chi connectivity index (χ1v) is 8.56.